The van der Waals surface area contributed by atoms with Gasteiger partial charge in [-0.1, -0.05) is 5.21 Å². The fourth-order valence-electron chi connectivity index (χ4n) is 1.52. The van der Waals surface area contributed by atoms with Crippen LogP contribution in [-0.2, 0) is 6.54 Å². The molecular weight excluding hydrogens is 296 g/mol. The molecule has 0 radical (unpaired) electrons. The van der Waals surface area contributed by atoms with Gasteiger partial charge in [0.2, 0.25) is 0 Å². The summed E-state index contributed by atoms with van der Waals surface area (Å²) in [5, 5.41) is 17.1. The van der Waals surface area contributed by atoms with Crippen molar-refractivity contribution in [2.75, 3.05) is 0 Å². The van der Waals surface area contributed by atoms with E-state index in [1.165, 1.54) is 6.07 Å². The highest BCUT2D eigenvalue weighted by Gasteiger charge is 2.21. The van der Waals surface area contributed by atoms with Crippen molar-refractivity contribution in [2.24, 2.45) is 0 Å². The predicted molar refractivity (Wildman–Crippen MR) is 61.4 cm³/mol. The number of aliphatic hydroxyl groups is 1. The Kier molecular flexibility index (Phi) is 2.90. The molecule has 0 saturated carbocycles. The largest absolute Gasteiger partial charge is 0.389 e. The normalized spacial score (nSPS) is 12.4. The van der Waals surface area contributed by atoms with Gasteiger partial charge in [-0.2, -0.15) is 0 Å². The standard InChI is InChI=1S/C10H10BrF2N3O/c1-10(2,17)4-16-9-6(14-15-16)3-5(11)7(12)8(9)13/h3,17H,4H2,1-2H3. The van der Waals surface area contributed by atoms with Crippen LogP contribution in [-0.4, -0.2) is 25.7 Å². The van der Waals surface area contributed by atoms with Crippen molar-refractivity contribution >= 4 is 27.0 Å². The number of rotatable bonds is 2. The summed E-state index contributed by atoms with van der Waals surface area (Å²) in [6.07, 6.45) is 0. The third kappa shape index (κ3) is 2.30. The second-order valence-corrected chi connectivity index (χ2v) is 5.27. The van der Waals surface area contributed by atoms with E-state index in [0.717, 1.165) is 4.68 Å². The fourth-order valence-corrected chi connectivity index (χ4v) is 1.91. The molecule has 0 aliphatic rings. The van der Waals surface area contributed by atoms with Gasteiger partial charge in [0.05, 0.1) is 16.6 Å². The van der Waals surface area contributed by atoms with Gasteiger partial charge in [-0.3, -0.25) is 0 Å². The molecule has 0 bridgehead atoms. The van der Waals surface area contributed by atoms with Gasteiger partial charge in [0.15, 0.2) is 11.6 Å². The molecule has 0 unspecified atom stereocenters. The number of aromatic nitrogens is 3. The Morgan fingerprint density at radius 3 is 2.65 bits per heavy atom. The third-order valence-electron chi connectivity index (χ3n) is 2.17. The summed E-state index contributed by atoms with van der Waals surface area (Å²) < 4.78 is 28.3. The van der Waals surface area contributed by atoms with Crippen LogP contribution in [0, 0.1) is 11.6 Å². The van der Waals surface area contributed by atoms with Gasteiger partial charge in [0, 0.05) is 0 Å². The van der Waals surface area contributed by atoms with Gasteiger partial charge < -0.3 is 5.11 Å². The van der Waals surface area contributed by atoms with Crippen molar-refractivity contribution in [1.29, 1.82) is 0 Å². The van der Waals surface area contributed by atoms with Crippen LogP contribution in [0.25, 0.3) is 11.0 Å². The van der Waals surface area contributed by atoms with Crippen molar-refractivity contribution in [1.82, 2.24) is 15.0 Å². The molecule has 2 aromatic rings. The molecule has 0 saturated heterocycles. The molecule has 0 spiro atoms. The first kappa shape index (κ1) is 12.4. The van der Waals surface area contributed by atoms with Gasteiger partial charge in [-0.15, -0.1) is 5.10 Å². The minimum absolute atomic E-state index is 0.00203. The lowest BCUT2D eigenvalue weighted by atomic mass is 10.1. The summed E-state index contributed by atoms with van der Waals surface area (Å²) in [6.45, 7) is 3.13. The maximum atomic E-state index is 13.7. The molecule has 0 atom stereocenters. The number of hydrogen-bond acceptors (Lipinski definition) is 3. The summed E-state index contributed by atoms with van der Waals surface area (Å²) in [5.74, 6) is -2.01. The van der Waals surface area contributed by atoms with E-state index in [2.05, 4.69) is 26.2 Å². The maximum absolute atomic E-state index is 13.7. The molecule has 1 N–H and O–H groups in total. The van der Waals surface area contributed by atoms with Crippen LogP contribution in [0.15, 0.2) is 10.5 Å². The Hall–Kier alpha value is -1.08. The number of nitrogens with zero attached hydrogens (tertiary/aromatic N) is 3. The molecule has 17 heavy (non-hydrogen) atoms. The molecule has 2 rings (SSSR count). The fraction of sp³-hybridized carbons (Fsp3) is 0.400. The zero-order valence-corrected chi connectivity index (χ0v) is 10.8. The first-order chi connectivity index (χ1) is 7.79. The average Bonchev–Trinajstić information content (AvgIpc) is 2.55. The Morgan fingerprint density at radius 2 is 2.06 bits per heavy atom. The number of halogens is 3. The van der Waals surface area contributed by atoms with Crippen molar-refractivity contribution in [2.45, 2.75) is 26.0 Å². The van der Waals surface area contributed by atoms with Crippen LogP contribution in [0.2, 0.25) is 0 Å². The number of fused-ring (bicyclic) bond motifs is 1. The van der Waals surface area contributed by atoms with Gasteiger partial charge in [-0.05, 0) is 35.8 Å². The van der Waals surface area contributed by atoms with Gasteiger partial charge >= 0.3 is 0 Å². The van der Waals surface area contributed by atoms with Crippen LogP contribution in [0.3, 0.4) is 0 Å². The zero-order valence-electron chi connectivity index (χ0n) is 9.21. The minimum Gasteiger partial charge on any atom is -0.389 e. The monoisotopic (exact) mass is 305 g/mol. The van der Waals surface area contributed by atoms with Crippen molar-refractivity contribution in [3.05, 3.63) is 22.2 Å². The van der Waals surface area contributed by atoms with E-state index in [1.54, 1.807) is 13.8 Å². The van der Waals surface area contributed by atoms with Crippen LogP contribution >= 0.6 is 15.9 Å². The molecular formula is C10H10BrF2N3O. The lowest BCUT2D eigenvalue weighted by Gasteiger charge is -2.16. The smallest absolute Gasteiger partial charge is 0.187 e. The molecule has 1 aromatic heterocycles. The van der Waals surface area contributed by atoms with Gasteiger partial charge in [0.1, 0.15) is 11.0 Å². The number of benzene rings is 1. The lowest BCUT2D eigenvalue weighted by molar-refractivity contribution is 0.0583. The van der Waals surface area contributed by atoms with Crippen LogP contribution in [0.5, 0.6) is 0 Å². The molecule has 0 fully saturated rings. The highest BCUT2D eigenvalue weighted by molar-refractivity contribution is 9.10. The first-order valence-electron chi connectivity index (χ1n) is 4.88. The number of hydrogen-bond donors (Lipinski definition) is 1. The quantitative estimate of drug-likeness (QED) is 0.866. The molecule has 7 heteroatoms. The molecule has 4 nitrogen and oxygen atoms in total. The topological polar surface area (TPSA) is 50.9 Å². The minimum atomic E-state index is -1.09. The summed E-state index contributed by atoms with van der Waals surface area (Å²) >= 11 is 2.90. The molecule has 0 amide bonds. The van der Waals surface area contributed by atoms with E-state index in [-0.39, 0.29) is 22.1 Å². The molecule has 1 aromatic carbocycles. The highest BCUT2D eigenvalue weighted by Crippen LogP contribution is 2.26. The second-order valence-electron chi connectivity index (χ2n) is 4.41. The van der Waals surface area contributed by atoms with Crippen molar-refractivity contribution in [3.63, 3.8) is 0 Å². The Morgan fingerprint density at radius 1 is 1.41 bits per heavy atom. The highest BCUT2D eigenvalue weighted by atomic mass is 79.9. The third-order valence-corrected chi connectivity index (χ3v) is 2.75. The summed E-state index contributed by atoms with van der Waals surface area (Å²) in [5.41, 5.74) is -0.899. The van der Waals surface area contributed by atoms with Crippen LogP contribution < -0.4 is 0 Å². The molecule has 1 heterocycles. The van der Waals surface area contributed by atoms with Gasteiger partial charge in [0.25, 0.3) is 0 Å². The lowest BCUT2D eigenvalue weighted by Crippen LogP contribution is -2.27. The Bertz CT molecular complexity index is 577. The van der Waals surface area contributed by atoms with E-state index in [0.29, 0.717) is 0 Å². The van der Waals surface area contributed by atoms with Crippen molar-refractivity contribution in [3.8, 4) is 0 Å². The molecule has 0 aliphatic heterocycles. The zero-order chi connectivity index (χ0) is 12.8. The Balaban J connectivity index is 2.64. The van der Waals surface area contributed by atoms with E-state index < -0.39 is 17.2 Å². The van der Waals surface area contributed by atoms with Crippen LogP contribution in [0.4, 0.5) is 8.78 Å². The summed E-state index contributed by atoms with van der Waals surface area (Å²) in [4.78, 5) is 0. The van der Waals surface area contributed by atoms with Gasteiger partial charge in [-0.25, -0.2) is 13.5 Å². The first-order valence-corrected chi connectivity index (χ1v) is 5.68. The second kappa shape index (κ2) is 3.99. The molecule has 0 aliphatic carbocycles. The summed E-state index contributed by atoms with van der Waals surface area (Å²) in [6, 6.07) is 1.35. The van der Waals surface area contributed by atoms with E-state index in [1.807, 2.05) is 0 Å². The van der Waals surface area contributed by atoms with Crippen LogP contribution in [0.1, 0.15) is 13.8 Å². The van der Waals surface area contributed by atoms with E-state index >= 15 is 0 Å². The Labute approximate surface area is 104 Å². The SMILES string of the molecule is CC(C)(O)Cn1nnc2cc(Br)c(F)c(F)c21. The predicted octanol–water partition coefficient (Wildman–Crippen LogP) is 2.24. The van der Waals surface area contributed by atoms with E-state index in [9.17, 15) is 13.9 Å². The van der Waals surface area contributed by atoms with E-state index in [4.69, 9.17) is 0 Å². The summed E-state index contributed by atoms with van der Waals surface area (Å²) in [7, 11) is 0. The maximum Gasteiger partial charge on any atom is 0.187 e. The molecule has 92 valence electrons. The average molecular weight is 306 g/mol. The van der Waals surface area contributed by atoms with Crippen molar-refractivity contribution < 1.29 is 13.9 Å².